The van der Waals surface area contributed by atoms with Crippen molar-refractivity contribution in [2.75, 3.05) is 35.6 Å². The third-order valence-corrected chi connectivity index (χ3v) is 6.67. The van der Waals surface area contributed by atoms with Crippen molar-refractivity contribution in [3.05, 3.63) is 47.1 Å². The van der Waals surface area contributed by atoms with Crippen LogP contribution in [0, 0.1) is 0 Å². The highest BCUT2D eigenvalue weighted by atomic mass is 127. The normalized spacial score (nSPS) is 17.0. The molecular formula is C25H30ClIN6O4. The molecule has 0 radical (unpaired) electrons. The maximum Gasteiger partial charge on any atom is 0.410 e. The molecule has 0 spiro atoms. The van der Waals surface area contributed by atoms with Gasteiger partial charge in [-0.25, -0.2) is 4.79 Å². The van der Waals surface area contributed by atoms with Crippen molar-refractivity contribution in [1.82, 2.24) is 14.9 Å². The Morgan fingerprint density at radius 2 is 1.95 bits per heavy atom. The molecule has 1 unspecified atom stereocenters. The van der Waals surface area contributed by atoms with Gasteiger partial charge in [-0.1, -0.05) is 35.9 Å². The Labute approximate surface area is 234 Å². The molecule has 2 atom stereocenters. The molecule has 0 saturated carbocycles. The predicted molar refractivity (Wildman–Crippen MR) is 153 cm³/mol. The minimum absolute atomic E-state index is 0.0541. The standard InChI is InChI=1S/C25H30ClIN6O4/c1-14-13-32(24(35)36-25(2,3)4)11-12-33(14)21-19(28)20(30-23(31-21)37-27)22(34)29-17-10-6-8-15-7-5-9-16(26)18(15)17/h5-10,14,22,29,34H,11-13,28H2,1-4H3/t14-,22?/m0/s1. The molecule has 4 N–H and O–H groups in total. The quantitative estimate of drug-likeness (QED) is 0.257. The molecule has 3 aromatic rings. The number of aliphatic hydroxyl groups is 1. The van der Waals surface area contributed by atoms with Crippen molar-refractivity contribution in [2.45, 2.75) is 45.6 Å². The predicted octanol–water partition coefficient (Wildman–Crippen LogP) is 5.14. The first-order valence-electron chi connectivity index (χ1n) is 11.8. The molecule has 1 fully saturated rings. The number of aromatic nitrogens is 2. The second kappa shape index (κ2) is 10.9. The number of nitrogens with two attached hydrogens (primary N) is 1. The van der Waals surface area contributed by atoms with Crippen molar-refractivity contribution < 1.29 is 17.7 Å². The number of nitrogen functional groups attached to an aromatic ring is 1. The van der Waals surface area contributed by atoms with Gasteiger partial charge in [0.1, 0.15) is 17.0 Å². The lowest BCUT2D eigenvalue weighted by molar-refractivity contribution is 0.0218. The summed E-state index contributed by atoms with van der Waals surface area (Å²) in [6.07, 6.45) is -1.63. The third-order valence-electron chi connectivity index (χ3n) is 5.96. The van der Waals surface area contributed by atoms with Gasteiger partial charge in [-0.2, -0.15) is 9.97 Å². The zero-order chi connectivity index (χ0) is 26.9. The van der Waals surface area contributed by atoms with Crippen LogP contribution in [0.25, 0.3) is 10.8 Å². The van der Waals surface area contributed by atoms with E-state index in [4.69, 9.17) is 25.1 Å². The van der Waals surface area contributed by atoms with Crippen LogP contribution in [0.15, 0.2) is 36.4 Å². The number of nitrogens with one attached hydrogen (secondary N) is 1. The molecule has 37 heavy (non-hydrogen) atoms. The van der Waals surface area contributed by atoms with Crippen molar-refractivity contribution >= 4 is 68.7 Å². The largest absolute Gasteiger partial charge is 0.444 e. The molecule has 0 aliphatic carbocycles. The van der Waals surface area contributed by atoms with Crippen molar-refractivity contribution in [2.24, 2.45) is 0 Å². The van der Waals surface area contributed by atoms with Gasteiger partial charge >= 0.3 is 12.1 Å². The third kappa shape index (κ3) is 6.04. The van der Waals surface area contributed by atoms with E-state index in [0.29, 0.717) is 36.2 Å². The van der Waals surface area contributed by atoms with E-state index in [1.807, 2.05) is 62.9 Å². The van der Waals surface area contributed by atoms with E-state index in [-0.39, 0.29) is 29.5 Å². The van der Waals surface area contributed by atoms with Crippen LogP contribution in [0.1, 0.15) is 39.6 Å². The summed E-state index contributed by atoms with van der Waals surface area (Å²) in [4.78, 5) is 25.0. The summed E-state index contributed by atoms with van der Waals surface area (Å²) >= 11 is 8.13. The average molecular weight is 641 g/mol. The summed E-state index contributed by atoms with van der Waals surface area (Å²) in [5, 5.41) is 16.5. The topological polar surface area (TPSA) is 126 Å². The van der Waals surface area contributed by atoms with Gasteiger partial charge in [-0.15, -0.1) is 0 Å². The van der Waals surface area contributed by atoms with E-state index in [1.165, 1.54) is 0 Å². The number of fused-ring (bicyclic) bond motifs is 1. The van der Waals surface area contributed by atoms with Gasteiger partial charge in [0, 0.05) is 36.7 Å². The Morgan fingerprint density at radius 3 is 2.59 bits per heavy atom. The van der Waals surface area contributed by atoms with Crippen LogP contribution in [0.2, 0.25) is 5.02 Å². The van der Waals surface area contributed by atoms with Gasteiger partial charge in [0.15, 0.2) is 35.1 Å². The molecule has 4 rings (SSSR count). The summed E-state index contributed by atoms with van der Waals surface area (Å²) in [7, 11) is 0. The highest BCUT2D eigenvalue weighted by Gasteiger charge is 2.33. The Morgan fingerprint density at radius 1 is 1.24 bits per heavy atom. The summed E-state index contributed by atoms with van der Waals surface area (Å²) in [5.41, 5.74) is 6.95. The Hall–Kier alpha value is -2.77. The fourth-order valence-corrected chi connectivity index (χ4v) is 4.79. The molecule has 2 heterocycles. The smallest absolute Gasteiger partial charge is 0.410 e. The molecule has 1 aliphatic heterocycles. The number of benzene rings is 2. The molecule has 1 amide bonds. The van der Waals surface area contributed by atoms with Crippen molar-refractivity contribution in [3.8, 4) is 6.01 Å². The fourth-order valence-electron chi connectivity index (χ4n) is 4.31. The Balaban J connectivity index is 1.61. The van der Waals surface area contributed by atoms with Gasteiger partial charge in [-0.3, -0.25) is 0 Å². The monoisotopic (exact) mass is 640 g/mol. The molecule has 2 aromatic carbocycles. The van der Waals surface area contributed by atoms with Crippen LogP contribution < -0.4 is 19.0 Å². The fraction of sp³-hybridized carbons (Fsp3) is 0.400. The van der Waals surface area contributed by atoms with Gasteiger partial charge < -0.3 is 33.8 Å². The van der Waals surface area contributed by atoms with Crippen molar-refractivity contribution in [1.29, 1.82) is 0 Å². The summed E-state index contributed by atoms with van der Waals surface area (Å²) in [6.45, 7) is 8.79. The second-order valence-electron chi connectivity index (χ2n) is 9.87. The molecule has 1 aromatic heterocycles. The zero-order valence-electron chi connectivity index (χ0n) is 21.0. The van der Waals surface area contributed by atoms with E-state index in [9.17, 15) is 9.90 Å². The first-order chi connectivity index (χ1) is 17.5. The van der Waals surface area contributed by atoms with Crippen LogP contribution in [-0.4, -0.2) is 57.3 Å². The lowest BCUT2D eigenvalue weighted by Gasteiger charge is -2.41. The van der Waals surface area contributed by atoms with Crippen LogP contribution in [-0.2, 0) is 4.74 Å². The number of carbonyl (C=O) groups is 1. The van der Waals surface area contributed by atoms with Gasteiger partial charge in [0.25, 0.3) is 0 Å². The number of amides is 1. The molecule has 0 bridgehead atoms. The summed E-state index contributed by atoms with van der Waals surface area (Å²) in [6, 6.07) is 11.2. The first kappa shape index (κ1) is 27.3. The molecule has 1 aliphatic rings. The molecule has 10 nitrogen and oxygen atoms in total. The zero-order valence-corrected chi connectivity index (χ0v) is 23.9. The molecule has 198 valence electrons. The molecule has 12 heteroatoms. The number of ether oxygens (including phenoxy) is 1. The lowest BCUT2D eigenvalue weighted by Crippen LogP contribution is -2.55. The van der Waals surface area contributed by atoms with E-state index < -0.39 is 11.8 Å². The lowest BCUT2D eigenvalue weighted by atomic mass is 10.1. The van der Waals surface area contributed by atoms with Crippen molar-refractivity contribution in [3.63, 3.8) is 0 Å². The van der Waals surface area contributed by atoms with Crippen LogP contribution in [0.3, 0.4) is 0 Å². The number of hydrogen-bond acceptors (Lipinski definition) is 9. The minimum Gasteiger partial charge on any atom is -0.444 e. The molecule has 1 saturated heterocycles. The molecular weight excluding hydrogens is 611 g/mol. The maximum absolute atomic E-state index is 12.6. The summed E-state index contributed by atoms with van der Waals surface area (Å²) in [5.74, 6) is 0.421. The number of nitrogens with zero attached hydrogens (tertiary/aromatic N) is 4. The highest BCUT2D eigenvalue weighted by Crippen LogP contribution is 2.36. The number of halogens is 2. The van der Waals surface area contributed by atoms with Crippen LogP contribution in [0.5, 0.6) is 6.01 Å². The van der Waals surface area contributed by atoms with Crippen LogP contribution >= 0.6 is 34.6 Å². The number of carbonyl (C=O) groups excluding carboxylic acids is 1. The average Bonchev–Trinajstić information content (AvgIpc) is 2.83. The minimum atomic E-state index is -1.27. The maximum atomic E-state index is 12.6. The first-order valence-corrected chi connectivity index (χ1v) is 13.1. The van der Waals surface area contributed by atoms with Gasteiger partial charge in [0.05, 0.1) is 5.02 Å². The van der Waals surface area contributed by atoms with E-state index in [2.05, 4.69) is 15.3 Å². The van der Waals surface area contributed by atoms with E-state index in [0.717, 1.165) is 10.8 Å². The van der Waals surface area contributed by atoms with Gasteiger partial charge in [-0.05, 0) is 45.2 Å². The van der Waals surface area contributed by atoms with Crippen LogP contribution in [0.4, 0.5) is 22.0 Å². The van der Waals surface area contributed by atoms with E-state index in [1.54, 1.807) is 34.0 Å². The van der Waals surface area contributed by atoms with Gasteiger partial charge in [0.2, 0.25) is 0 Å². The Kier molecular flexibility index (Phi) is 8.05. The Bertz CT molecular complexity index is 1300. The number of aliphatic hydroxyl groups excluding tert-OH is 1. The number of anilines is 3. The van der Waals surface area contributed by atoms with E-state index >= 15 is 0 Å². The SMILES string of the molecule is C[C@H]1CN(C(=O)OC(C)(C)C)CCN1c1nc(OI)nc(C(O)Nc2cccc3cccc(Cl)c23)c1N. The number of rotatable bonds is 5. The second-order valence-corrected chi connectivity index (χ2v) is 10.7. The number of piperazine rings is 1. The number of hydrogen-bond donors (Lipinski definition) is 3. The summed E-state index contributed by atoms with van der Waals surface area (Å²) < 4.78 is 10.8. The highest BCUT2D eigenvalue weighted by molar-refractivity contribution is 14.1.